The van der Waals surface area contributed by atoms with E-state index in [2.05, 4.69) is 5.10 Å². The van der Waals surface area contributed by atoms with E-state index in [1.54, 1.807) is 11.6 Å². The maximum Gasteiger partial charge on any atom is 0.311 e. The average Bonchev–Trinajstić information content (AvgIpc) is 2.81. The topological polar surface area (TPSA) is 89.3 Å². The zero-order valence-corrected chi connectivity index (χ0v) is 13.0. The van der Waals surface area contributed by atoms with Crippen LogP contribution in [0.15, 0.2) is 0 Å². The average molecular weight is 321 g/mol. The molecule has 0 radical (unpaired) electrons. The van der Waals surface area contributed by atoms with E-state index in [4.69, 9.17) is 11.6 Å². The van der Waals surface area contributed by atoms with Gasteiger partial charge in [-0.1, -0.05) is 11.6 Å². The highest BCUT2D eigenvalue weighted by Gasteiger charge is 2.49. The molecule has 1 aromatic heterocycles. The Hall–Kier alpha value is -1.08. The van der Waals surface area contributed by atoms with Crippen LogP contribution in [0.3, 0.4) is 0 Å². The van der Waals surface area contributed by atoms with Crippen molar-refractivity contribution < 1.29 is 18.3 Å². The van der Waals surface area contributed by atoms with E-state index >= 15 is 0 Å². The fourth-order valence-corrected chi connectivity index (χ4v) is 4.92. The summed E-state index contributed by atoms with van der Waals surface area (Å²) >= 11 is 6.18. The van der Waals surface area contributed by atoms with E-state index in [-0.39, 0.29) is 24.3 Å². The first-order valence-electron chi connectivity index (χ1n) is 6.36. The Labute approximate surface area is 122 Å². The summed E-state index contributed by atoms with van der Waals surface area (Å²) in [5.41, 5.74) is -0.0573. The molecule has 112 valence electrons. The zero-order valence-electron chi connectivity index (χ0n) is 11.4. The molecule has 2 rings (SSSR count). The van der Waals surface area contributed by atoms with E-state index in [1.165, 1.54) is 0 Å². The molecule has 0 saturated carbocycles. The maximum absolute atomic E-state index is 11.7. The molecule has 1 fully saturated rings. The van der Waals surface area contributed by atoms with Gasteiger partial charge in [-0.15, -0.1) is 0 Å². The Bertz CT molecular complexity index is 653. The third kappa shape index (κ3) is 2.56. The molecule has 2 heterocycles. The third-order valence-electron chi connectivity index (χ3n) is 3.80. The molecular formula is C12H17ClN2O4S. The molecule has 0 bridgehead atoms. The second-order valence-corrected chi connectivity index (χ2v) is 7.83. The number of carboxylic acid groups (broad SMARTS) is 1. The summed E-state index contributed by atoms with van der Waals surface area (Å²) in [7, 11) is -3.30. The van der Waals surface area contributed by atoms with Gasteiger partial charge in [-0.05, 0) is 20.3 Å². The predicted molar refractivity (Wildman–Crippen MR) is 74.7 cm³/mol. The van der Waals surface area contributed by atoms with E-state index < -0.39 is 21.2 Å². The van der Waals surface area contributed by atoms with Crippen molar-refractivity contribution in [3.63, 3.8) is 0 Å². The number of nitrogens with zero attached hydrogens (tertiary/aromatic N) is 2. The fraction of sp³-hybridized carbons (Fsp3) is 0.667. The first-order chi connectivity index (χ1) is 9.21. The van der Waals surface area contributed by atoms with Crippen molar-refractivity contribution in [1.82, 2.24) is 9.78 Å². The van der Waals surface area contributed by atoms with Gasteiger partial charge >= 0.3 is 5.97 Å². The number of carboxylic acids is 1. The molecule has 0 amide bonds. The maximum atomic E-state index is 11.7. The lowest BCUT2D eigenvalue weighted by Crippen LogP contribution is -2.35. The highest BCUT2D eigenvalue weighted by Crippen LogP contribution is 2.38. The van der Waals surface area contributed by atoms with Gasteiger partial charge in [0.25, 0.3) is 0 Å². The largest absolute Gasteiger partial charge is 0.481 e. The Morgan fingerprint density at radius 2 is 2.20 bits per heavy atom. The van der Waals surface area contributed by atoms with Crippen LogP contribution in [0, 0.1) is 12.3 Å². The summed E-state index contributed by atoms with van der Waals surface area (Å²) in [5, 5.41) is 14.1. The third-order valence-corrected chi connectivity index (χ3v) is 6.11. The van der Waals surface area contributed by atoms with Crippen molar-refractivity contribution in [2.24, 2.45) is 5.41 Å². The minimum absolute atomic E-state index is 0.0871. The molecule has 1 unspecified atom stereocenters. The molecule has 6 nitrogen and oxygen atoms in total. The van der Waals surface area contributed by atoms with Crippen molar-refractivity contribution >= 4 is 27.4 Å². The van der Waals surface area contributed by atoms with E-state index in [0.29, 0.717) is 23.0 Å². The molecule has 1 aliphatic heterocycles. The molecule has 1 N–H and O–H groups in total. The SMILES string of the molecule is CCn1nc(C)c(Cl)c1CC1(C(=O)O)CCS(=O)(=O)C1. The lowest BCUT2D eigenvalue weighted by molar-refractivity contribution is -0.147. The highest BCUT2D eigenvalue weighted by molar-refractivity contribution is 7.91. The number of aromatic nitrogens is 2. The standard InChI is InChI=1S/C12H17ClN2O4S/c1-3-15-9(10(13)8(2)14-15)6-12(11(16)17)4-5-20(18,19)7-12/h3-7H2,1-2H3,(H,16,17). The van der Waals surface area contributed by atoms with Crippen molar-refractivity contribution in [3.8, 4) is 0 Å². The number of rotatable bonds is 4. The molecule has 1 saturated heterocycles. The molecule has 0 aliphatic carbocycles. The molecular weight excluding hydrogens is 304 g/mol. The van der Waals surface area contributed by atoms with Crippen LogP contribution in [0.1, 0.15) is 24.7 Å². The summed E-state index contributed by atoms with van der Waals surface area (Å²) in [6.45, 7) is 4.19. The summed E-state index contributed by atoms with van der Waals surface area (Å²) in [4.78, 5) is 11.6. The van der Waals surface area contributed by atoms with Crippen LogP contribution in [0.2, 0.25) is 5.02 Å². The van der Waals surface area contributed by atoms with Crippen LogP contribution in [0.5, 0.6) is 0 Å². The number of hydrogen-bond acceptors (Lipinski definition) is 4. The number of carbonyl (C=O) groups is 1. The van der Waals surface area contributed by atoms with Gasteiger partial charge in [-0.3, -0.25) is 9.48 Å². The molecule has 0 aromatic carbocycles. The smallest absolute Gasteiger partial charge is 0.311 e. The van der Waals surface area contributed by atoms with Crippen molar-refractivity contribution in [2.45, 2.75) is 33.2 Å². The zero-order chi connectivity index (χ0) is 15.1. The quantitative estimate of drug-likeness (QED) is 0.903. The minimum atomic E-state index is -3.30. The van der Waals surface area contributed by atoms with Crippen molar-refractivity contribution in [3.05, 3.63) is 16.4 Å². The number of sulfone groups is 1. The summed E-state index contributed by atoms with van der Waals surface area (Å²) in [5.74, 6) is -1.51. The summed E-state index contributed by atoms with van der Waals surface area (Å²) in [6, 6.07) is 0. The first kappa shape index (κ1) is 15.3. The molecule has 0 spiro atoms. The van der Waals surface area contributed by atoms with Gasteiger partial charge in [-0.2, -0.15) is 5.10 Å². The lowest BCUT2D eigenvalue weighted by Gasteiger charge is -2.22. The van der Waals surface area contributed by atoms with Gasteiger partial charge in [0.1, 0.15) is 0 Å². The van der Waals surface area contributed by atoms with Crippen LogP contribution in [-0.4, -0.2) is 40.8 Å². The molecule has 1 aromatic rings. The van der Waals surface area contributed by atoms with Gasteiger partial charge in [0.05, 0.1) is 33.3 Å². The van der Waals surface area contributed by atoms with Crippen LogP contribution >= 0.6 is 11.6 Å². The highest BCUT2D eigenvalue weighted by atomic mass is 35.5. The van der Waals surface area contributed by atoms with Gasteiger partial charge < -0.3 is 5.11 Å². The number of aryl methyl sites for hydroxylation is 2. The van der Waals surface area contributed by atoms with E-state index in [0.717, 1.165) is 0 Å². The number of aliphatic carboxylic acids is 1. The normalized spacial score (nSPS) is 24.9. The molecule has 20 heavy (non-hydrogen) atoms. The van der Waals surface area contributed by atoms with Gasteiger partial charge in [0.15, 0.2) is 9.84 Å². The lowest BCUT2D eigenvalue weighted by atomic mass is 9.82. The number of hydrogen-bond donors (Lipinski definition) is 1. The van der Waals surface area contributed by atoms with Crippen molar-refractivity contribution in [2.75, 3.05) is 11.5 Å². The predicted octanol–water partition coefficient (Wildman–Crippen LogP) is 1.30. The Morgan fingerprint density at radius 3 is 2.65 bits per heavy atom. The molecule has 8 heteroatoms. The van der Waals surface area contributed by atoms with Gasteiger partial charge in [0.2, 0.25) is 0 Å². The van der Waals surface area contributed by atoms with Gasteiger partial charge in [-0.25, -0.2) is 8.42 Å². The van der Waals surface area contributed by atoms with E-state index in [1.807, 2.05) is 6.92 Å². The molecule has 1 atom stereocenters. The van der Waals surface area contributed by atoms with Crippen molar-refractivity contribution in [1.29, 1.82) is 0 Å². The summed E-state index contributed by atoms with van der Waals surface area (Å²) < 4.78 is 25.0. The van der Waals surface area contributed by atoms with Crippen LogP contribution in [0.4, 0.5) is 0 Å². The Kier molecular flexibility index (Phi) is 3.85. The molecule has 1 aliphatic rings. The van der Waals surface area contributed by atoms with Crippen LogP contribution < -0.4 is 0 Å². The van der Waals surface area contributed by atoms with Crippen LogP contribution in [-0.2, 0) is 27.6 Å². The summed E-state index contributed by atoms with van der Waals surface area (Å²) in [6.07, 6.45) is 0.212. The second kappa shape index (κ2) is 5.04. The monoisotopic (exact) mass is 320 g/mol. The fourth-order valence-electron chi connectivity index (χ4n) is 2.66. The number of halogens is 1. The Morgan fingerprint density at radius 1 is 1.55 bits per heavy atom. The van der Waals surface area contributed by atoms with E-state index in [9.17, 15) is 18.3 Å². The first-order valence-corrected chi connectivity index (χ1v) is 8.56. The van der Waals surface area contributed by atoms with Gasteiger partial charge in [0, 0.05) is 13.0 Å². The van der Waals surface area contributed by atoms with Crippen LogP contribution in [0.25, 0.3) is 0 Å². The minimum Gasteiger partial charge on any atom is -0.481 e. The second-order valence-electron chi connectivity index (χ2n) is 5.27. The Balaban J connectivity index is 2.43.